The molecule has 0 bridgehead atoms. The highest BCUT2D eigenvalue weighted by atomic mass is 16.5. The minimum absolute atomic E-state index is 0.108. The Bertz CT molecular complexity index is 619. The zero-order valence-electron chi connectivity index (χ0n) is 12.0. The fourth-order valence-corrected chi connectivity index (χ4v) is 2.80. The van der Waals surface area contributed by atoms with Crippen LogP contribution in [0.3, 0.4) is 0 Å². The molecule has 100 valence electrons. The van der Waals surface area contributed by atoms with Crippen molar-refractivity contribution < 1.29 is 4.74 Å². The summed E-state index contributed by atoms with van der Waals surface area (Å²) in [6.45, 7) is 5.09. The molecular weight excluding hydrogens is 236 g/mol. The highest BCUT2D eigenvalue weighted by Gasteiger charge is 2.39. The number of hydrogen-bond donors (Lipinski definition) is 0. The average Bonchev–Trinajstić information content (AvgIpc) is 2.58. The Labute approximate surface area is 114 Å². The van der Waals surface area contributed by atoms with E-state index in [1.165, 1.54) is 10.9 Å². The molecule has 0 spiro atoms. The Morgan fingerprint density at radius 3 is 2.74 bits per heavy atom. The van der Waals surface area contributed by atoms with Crippen LogP contribution in [0, 0.1) is 0 Å². The van der Waals surface area contributed by atoms with Gasteiger partial charge in [0.1, 0.15) is 5.60 Å². The van der Waals surface area contributed by atoms with Crippen LogP contribution in [0.15, 0.2) is 30.3 Å². The number of para-hydroxylation sites is 1. The van der Waals surface area contributed by atoms with Gasteiger partial charge in [-0.1, -0.05) is 18.2 Å². The highest BCUT2D eigenvalue weighted by molar-refractivity contribution is 5.80. The van der Waals surface area contributed by atoms with E-state index >= 15 is 0 Å². The number of pyridine rings is 1. The molecule has 3 nitrogen and oxygen atoms in total. The molecule has 3 rings (SSSR count). The molecule has 0 aliphatic carbocycles. The molecule has 0 saturated carbocycles. The van der Waals surface area contributed by atoms with Crippen molar-refractivity contribution >= 4 is 10.9 Å². The van der Waals surface area contributed by atoms with Crippen molar-refractivity contribution in [3.8, 4) is 0 Å². The summed E-state index contributed by atoms with van der Waals surface area (Å²) in [7, 11) is 4.14. The van der Waals surface area contributed by atoms with E-state index < -0.39 is 0 Å². The summed E-state index contributed by atoms with van der Waals surface area (Å²) in [4.78, 5) is 6.98. The van der Waals surface area contributed by atoms with Gasteiger partial charge in [0.25, 0.3) is 0 Å². The number of rotatable bonds is 2. The number of benzene rings is 1. The van der Waals surface area contributed by atoms with Gasteiger partial charge in [0, 0.05) is 17.5 Å². The maximum atomic E-state index is 6.20. The van der Waals surface area contributed by atoms with Crippen LogP contribution in [0.2, 0.25) is 0 Å². The molecule has 1 aliphatic rings. The van der Waals surface area contributed by atoms with Crippen molar-refractivity contribution in [2.45, 2.75) is 25.6 Å². The smallest absolute Gasteiger partial charge is 0.106 e. The molecule has 1 unspecified atom stereocenters. The van der Waals surface area contributed by atoms with Crippen LogP contribution in [0.25, 0.3) is 10.9 Å². The first-order chi connectivity index (χ1) is 8.97. The number of nitrogens with zero attached hydrogens (tertiary/aromatic N) is 2. The van der Waals surface area contributed by atoms with Crippen LogP contribution in [-0.2, 0) is 10.3 Å². The first kappa shape index (κ1) is 12.6. The molecule has 3 heteroatoms. The molecule has 2 aromatic rings. The second-order valence-corrected chi connectivity index (χ2v) is 6.00. The van der Waals surface area contributed by atoms with E-state index in [-0.39, 0.29) is 11.7 Å². The van der Waals surface area contributed by atoms with E-state index in [1.807, 2.05) is 6.07 Å². The largest absolute Gasteiger partial charge is 0.360 e. The third-order valence-electron chi connectivity index (χ3n) is 3.64. The van der Waals surface area contributed by atoms with Gasteiger partial charge in [-0.25, -0.2) is 4.98 Å². The summed E-state index contributed by atoms with van der Waals surface area (Å²) < 4.78 is 6.20. The second-order valence-electron chi connectivity index (χ2n) is 6.00. The molecule has 19 heavy (non-hydrogen) atoms. The van der Waals surface area contributed by atoms with Gasteiger partial charge in [-0.3, -0.25) is 0 Å². The molecule has 0 radical (unpaired) electrons. The minimum atomic E-state index is -0.306. The highest BCUT2D eigenvalue weighted by Crippen LogP contribution is 2.43. The number of likely N-dealkylation sites (N-methyl/N-ethyl adjacent to an activating group) is 1. The van der Waals surface area contributed by atoms with Gasteiger partial charge in [0.2, 0.25) is 0 Å². The molecule has 1 aromatic heterocycles. The van der Waals surface area contributed by atoms with Gasteiger partial charge in [0.15, 0.2) is 0 Å². The van der Waals surface area contributed by atoms with Crippen LogP contribution in [-0.4, -0.2) is 30.5 Å². The van der Waals surface area contributed by atoms with Crippen molar-refractivity contribution in [2.24, 2.45) is 0 Å². The summed E-state index contributed by atoms with van der Waals surface area (Å²) in [6, 6.07) is 10.5. The second kappa shape index (κ2) is 4.29. The number of hydrogen-bond acceptors (Lipinski definition) is 3. The van der Waals surface area contributed by atoms with Gasteiger partial charge in [-0.15, -0.1) is 0 Å². The van der Waals surface area contributed by atoms with E-state index in [0.29, 0.717) is 0 Å². The van der Waals surface area contributed by atoms with Gasteiger partial charge >= 0.3 is 0 Å². The van der Waals surface area contributed by atoms with Crippen LogP contribution in [0.4, 0.5) is 0 Å². The fourth-order valence-electron chi connectivity index (χ4n) is 2.80. The summed E-state index contributed by atoms with van der Waals surface area (Å²) in [6.07, 6.45) is 0.108. The standard InChI is InChI=1S/C16H20N2O/c1-16(2)15-12(14(19-16)10-18(3)4)9-11-7-5-6-8-13(11)17-15/h5-9,14H,10H2,1-4H3. The van der Waals surface area contributed by atoms with E-state index in [2.05, 4.69) is 57.1 Å². The third kappa shape index (κ3) is 2.13. The average molecular weight is 256 g/mol. The van der Waals surface area contributed by atoms with Gasteiger partial charge in [0.05, 0.1) is 17.3 Å². The van der Waals surface area contributed by atoms with E-state index in [9.17, 15) is 0 Å². The zero-order valence-corrected chi connectivity index (χ0v) is 12.0. The summed E-state index contributed by atoms with van der Waals surface area (Å²) in [5, 5.41) is 1.19. The molecule has 0 fully saturated rings. The summed E-state index contributed by atoms with van der Waals surface area (Å²) in [5.74, 6) is 0. The lowest BCUT2D eigenvalue weighted by Crippen LogP contribution is -2.23. The first-order valence-electron chi connectivity index (χ1n) is 6.70. The van der Waals surface area contributed by atoms with Crippen molar-refractivity contribution in [2.75, 3.05) is 20.6 Å². The van der Waals surface area contributed by atoms with Crippen molar-refractivity contribution in [1.29, 1.82) is 0 Å². The molecule has 2 heterocycles. The van der Waals surface area contributed by atoms with E-state index in [4.69, 9.17) is 9.72 Å². The summed E-state index contributed by atoms with van der Waals surface area (Å²) in [5.41, 5.74) is 3.05. The Morgan fingerprint density at radius 2 is 2.00 bits per heavy atom. The fraction of sp³-hybridized carbons (Fsp3) is 0.438. The molecule has 1 aromatic carbocycles. The molecular formula is C16H20N2O. The minimum Gasteiger partial charge on any atom is -0.360 e. The monoisotopic (exact) mass is 256 g/mol. The van der Waals surface area contributed by atoms with Gasteiger partial charge < -0.3 is 9.64 Å². The van der Waals surface area contributed by atoms with Gasteiger partial charge in [-0.05, 0) is 40.1 Å². The predicted molar refractivity (Wildman–Crippen MR) is 77.1 cm³/mol. The molecule has 0 amide bonds. The normalized spacial score (nSPS) is 21.0. The van der Waals surface area contributed by atoms with Gasteiger partial charge in [-0.2, -0.15) is 0 Å². The van der Waals surface area contributed by atoms with Crippen LogP contribution in [0.5, 0.6) is 0 Å². The van der Waals surface area contributed by atoms with Crippen LogP contribution in [0.1, 0.15) is 31.2 Å². The van der Waals surface area contributed by atoms with E-state index in [1.54, 1.807) is 0 Å². The Balaban J connectivity index is 2.15. The zero-order chi connectivity index (χ0) is 13.6. The van der Waals surface area contributed by atoms with Crippen molar-refractivity contribution in [3.05, 3.63) is 41.6 Å². The maximum absolute atomic E-state index is 6.20. The number of aromatic nitrogens is 1. The maximum Gasteiger partial charge on any atom is 0.106 e. The topological polar surface area (TPSA) is 25.4 Å². The van der Waals surface area contributed by atoms with Crippen LogP contribution < -0.4 is 0 Å². The SMILES string of the molecule is CN(C)CC1OC(C)(C)c2nc3ccccc3cc21. The first-order valence-corrected chi connectivity index (χ1v) is 6.70. The van der Waals surface area contributed by atoms with Crippen molar-refractivity contribution in [3.63, 3.8) is 0 Å². The lowest BCUT2D eigenvalue weighted by molar-refractivity contribution is -0.0612. The molecule has 1 aliphatic heterocycles. The Hall–Kier alpha value is -1.45. The lowest BCUT2D eigenvalue weighted by atomic mass is 9.98. The lowest BCUT2D eigenvalue weighted by Gasteiger charge is -2.21. The predicted octanol–water partition coefficient (Wildman–Crippen LogP) is 3.10. The van der Waals surface area contributed by atoms with E-state index in [0.717, 1.165) is 17.8 Å². The number of fused-ring (bicyclic) bond motifs is 2. The third-order valence-corrected chi connectivity index (χ3v) is 3.64. The summed E-state index contributed by atoms with van der Waals surface area (Å²) >= 11 is 0. The Morgan fingerprint density at radius 1 is 1.26 bits per heavy atom. The molecule has 0 saturated heterocycles. The quantitative estimate of drug-likeness (QED) is 0.825. The molecule has 1 atom stereocenters. The van der Waals surface area contributed by atoms with Crippen molar-refractivity contribution in [1.82, 2.24) is 9.88 Å². The van der Waals surface area contributed by atoms with Crippen LogP contribution >= 0.6 is 0 Å². The molecule has 0 N–H and O–H groups in total. The number of ether oxygens (including phenoxy) is 1. The Kier molecular flexibility index (Phi) is 2.84.